The maximum atomic E-state index is 12.4. The maximum absolute atomic E-state index is 12.4. The number of nitrogens with one attached hydrogen (secondary N) is 1. The molecule has 4 heterocycles. The average molecular weight is 538 g/mol. The van der Waals surface area contributed by atoms with E-state index in [9.17, 15) is 4.79 Å². The van der Waals surface area contributed by atoms with Crippen LogP contribution in [0.2, 0.25) is 0 Å². The molecule has 2 fully saturated rings. The zero-order valence-electron chi connectivity index (χ0n) is 23.1. The summed E-state index contributed by atoms with van der Waals surface area (Å²) in [5.41, 5.74) is 5.33. The van der Waals surface area contributed by atoms with E-state index in [0.29, 0.717) is 24.0 Å². The Kier molecular flexibility index (Phi) is 8.83. The number of anilines is 1. The Morgan fingerprint density at radius 2 is 1.82 bits per heavy atom. The Morgan fingerprint density at radius 1 is 1.08 bits per heavy atom. The van der Waals surface area contributed by atoms with E-state index in [1.165, 1.54) is 17.4 Å². The molecule has 10 heteroatoms. The summed E-state index contributed by atoms with van der Waals surface area (Å²) >= 11 is 0. The van der Waals surface area contributed by atoms with E-state index in [0.717, 1.165) is 75.1 Å². The Labute approximate surface area is 229 Å². The third-order valence-corrected chi connectivity index (χ3v) is 7.85. The van der Waals surface area contributed by atoms with Gasteiger partial charge in [-0.1, -0.05) is 0 Å². The summed E-state index contributed by atoms with van der Waals surface area (Å²) in [5.74, 6) is 2.52. The molecule has 210 valence electrons. The highest BCUT2D eigenvalue weighted by atomic mass is 16.8. The minimum Gasteiger partial charge on any atom is -0.493 e. The molecule has 10 nitrogen and oxygen atoms in total. The van der Waals surface area contributed by atoms with Crippen LogP contribution in [0.3, 0.4) is 0 Å². The number of piperidine rings is 1. The molecule has 2 aromatic heterocycles. The van der Waals surface area contributed by atoms with Crippen molar-refractivity contribution in [2.24, 2.45) is 13.0 Å². The van der Waals surface area contributed by atoms with Gasteiger partial charge in [-0.3, -0.25) is 4.79 Å². The van der Waals surface area contributed by atoms with Gasteiger partial charge in [0.2, 0.25) is 5.95 Å². The quantitative estimate of drug-likeness (QED) is 0.380. The van der Waals surface area contributed by atoms with Gasteiger partial charge in [-0.05, 0) is 62.5 Å². The number of hydrogen-bond donors (Lipinski definition) is 1. The second-order valence-corrected chi connectivity index (χ2v) is 10.4. The number of carbonyl (C=O) groups excluding carboxylic acids is 1. The second-order valence-electron chi connectivity index (χ2n) is 10.4. The predicted molar refractivity (Wildman–Crippen MR) is 148 cm³/mol. The molecule has 0 aliphatic carbocycles. The number of aromatic nitrogens is 3. The molecule has 1 amide bonds. The van der Waals surface area contributed by atoms with Crippen LogP contribution in [0.15, 0.2) is 30.7 Å². The number of benzene rings is 1. The van der Waals surface area contributed by atoms with Gasteiger partial charge in [0.15, 0.2) is 17.8 Å². The summed E-state index contributed by atoms with van der Waals surface area (Å²) in [7, 11) is 5.43. The van der Waals surface area contributed by atoms with Gasteiger partial charge in [-0.15, -0.1) is 0 Å². The molecule has 2 aliphatic rings. The third kappa shape index (κ3) is 6.45. The van der Waals surface area contributed by atoms with Gasteiger partial charge in [-0.25, -0.2) is 20.3 Å². The molecular weight excluding hydrogens is 498 g/mol. The molecular formula is C29H39N5O5. The zero-order chi connectivity index (χ0) is 27.2. The van der Waals surface area contributed by atoms with Crippen molar-refractivity contribution in [1.29, 1.82) is 0 Å². The largest absolute Gasteiger partial charge is 0.493 e. The number of nitrogens with zero attached hydrogens (tertiary/aromatic N) is 4. The van der Waals surface area contributed by atoms with Gasteiger partial charge in [0, 0.05) is 63.2 Å². The molecule has 0 bridgehead atoms. The highest BCUT2D eigenvalue weighted by Gasteiger charge is 2.22. The van der Waals surface area contributed by atoms with E-state index in [4.69, 9.17) is 19.0 Å². The van der Waals surface area contributed by atoms with Crippen molar-refractivity contribution < 1.29 is 23.8 Å². The van der Waals surface area contributed by atoms with Crippen LogP contribution in [-0.4, -0.2) is 60.6 Å². The molecule has 1 aromatic carbocycles. The molecule has 1 unspecified atom stereocenters. The number of methoxy groups -OCH3 is 2. The number of rotatable bonds is 10. The minimum atomic E-state index is -0.385. The fourth-order valence-electron chi connectivity index (χ4n) is 5.58. The van der Waals surface area contributed by atoms with Gasteiger partial charge in [0.1, 0.15) is 0 Å². The number of amides is 1. The third-order valence-electron chi connectivity index (χ3n) is 7.85. The maximum Gasteiger partial charge on any atom is 0.278 e. The van der Waals surface area contributed by atoms with Crippen LogP contribution in [0.4, 0.5) is 5.95 Å². The molecule has 0 saturated carbocycles. The second kappa shape index (κ2) is 12.7. The van der Waals surface area contributed by atoms with Crippen LogP contribution < -0.4 is 19.9 Å². The number of aryl methyl sites for hydroxylation is 2. The standard InChI is InChI=1S/C29H39N5O5/c1-33-19-21(23-15-25(36-2)26(37-3)16-24(23)33)8-6-7-20-10-12-34(13-11-20)29-30-17-22(18-31-29)28(35)32-39-27-9-4-5-14-38-27/h15-20,27H,4-14H2,1-3H3,(H,32,35). The first-order chi connectivity index (χ1) is 19.1. The number of ether oxygens (including phenoxy) is 3. The Morgan fingerprint density at radius 3 is 2.51 bits per heavy atom. The van der Waals surface area contributed by atoms with Gasteiger partial charge >= 0.3 is 0 Å². The molecule has 0 spiro atoms. The summed E-state index contributed by atoms with van der Waals surface area (Å²) in [5, 5.41) is 1.23. The zero-order valence-corrected chi connectivity index (χ0v) is 23.1. The highest BCUT2D eigenvalue weighted by Crippen LogP contribution is 2.35. The lowest BCUT2D eigenvalue weighted by atomic mass is 9.91. The summed E-state index contributed by atoms with van der Waals surface area (Å²) < 4.78 is 18.6. The van der Waals surface area contributed by atoms with Crippen LogP contribution in [0, 0.1) is 5.92 Å². The summed E-state index contributed by atoms with van der Waals surface area (Å²) in [6.07, 6.45) is 13.4. The van der Waals surface area contributed by atoms with Crippen molar-refractivity contribution in [3.63, 3.8) is 0 Å². The van der Waals surface area contributed by atoms with Crippen LogP contribution >= 0.6 is 0 Å². The van der Waals surface area contributed by atoms with Crippen molar-refractivity contribution in [1.82, 2.24) is 20.0 Å². The summed E-state index contributed by atoms with van der Waals surface area (Å²) in [6.45, 7) is 2.50. The summed E-state index contributed by atoms with van der Waals surface area (Å²) in [6, 6.07) is 4.14. The van der Waals surface area contributed by atoms with E-state index < -0.39 is 0 Å². The smallest absolute Gasteiger partial charge is 0.278 e. The fraction of sp³-hybridized carbons (Fsp3) is 0.552. The minimum absolute atomic E-state index is 0.363. The van der Waals surface area contributed by atoms with Gasteiger partial charge in [0.05, 0.1) is 25.3 Å². The Balaban J connectivity index is 1.08. The molecule has 3 aromatic rings. The molecule has 2 aliphatic heterocycles. The highest BCUT2D eigenvalue weighted by molar-refractivity contribution is 5.92. The Hall–Kier alpha value is -3.37. The van der Waals surface area contributed by atoms with E-state index in [1.54, 1.807) is 26.6 Å². The number of hydrogen-bond acceptors (Lipinski definition) is 8. The van der Waals surface area contributed by atoms with Gasteiger partial charge in [0.25, 0.3) is 5.91 Å². The molecule has 1 N–H and O–H groups in total. The van der Waals surface area contributed by atoms with Crippen LogP contribution in [0.5, 0.6) is 11.5 Å². The molecule has 1 atom stereocenters. The van der Waals surface area contributed by atoms with Crippen LogP contribution in [0.1, 0.15) is 60.9 Å². The average Bonchev–Trinajstić information content (AvgIpc) is 3.30. The molecule has 39 heavy (non-hydrogen) atoms. The Bertz CT molecular complexity index is 1250. The lowest BCUT2D eigenvalue weighted by Crippen LogP contribution is -2.35. The van der Waals surface area contributed by atoms with Crippen molar-refractivity contribution >= 4 is 22.8 Å². The van der Waals surface area contributed by atoms with Gasteiger partial charge in [-0.2, -0.15) is 0 Å². The van der Waals surface area contributed by atoms with Crippen molar-refractivity contribution in [3.8, 4) is 11.5 Å². The van der Waals surface area contributed by atoms with Crippen molar-refractivity contribution in [2.75, 3.05) is 38.8 Å². The lowest BCUT2D eigenvalue weighted by Gasteiger charge is -2.32. The topological polar surface area (TPSA) is 100.0 Å². The number of carbonyl (C=O) groups is 1. The molecule has 2 saturated heterocycles. The van der Waals surface area contributed by atoms with Crippen LogP contribution in [-0.2, 0) is 23.0 Å². The first kappa shape index (κ1) is 27.2. The van der Waals surface area contributed by atoms with Gasteiger partial charge < -0.3 is 23.7 Å². The van der Waals surface area contributed by atoms with Crippen molar-refractivity contribution in [3.05, 3.63) is 41.9 Å². The molecule has 0 radical (unpaired) electrons. The monoisotopic (exact) mass is 537 g/mol. The number of fused-ring (bicyclic) bond motifs is 1. The normalized spacial score (nSPS) is 18.3. The molecule has 5 rings (SSSR count). The van der Waals surface area contributed by atoms with Crippen LogP contribution in [0.25, 0.3) is 10.9 Å². The summed E-state index contributed by atoms with van der Waals surface area (Å²) in [4.78, 5) is 28.8. The fourth-order valence-corrected chi connectivity index (χ4v) is 5.58. The van der Waals surface area contributed by atoms with E-state index in [1.807, 2.05) is 0 Å². The van der Waals surface area contributed by atoms with E-state index in [2.05, 4.69) is 50.3 Å². The van der Waals surface area contributed by atoms with E-state index in [-0.39, 0.29) is 12.2 Å². The first-order valence-electron chi connectivity index (χ1n) is 13.9. The van der Waals surface area contributed by atoms with Crippen molar-refractivity contribution in [2.45, 2.75) is 57.7 Å². The SMILES string of the molecule is COc1cc2c(CCCC3CCN(c4ncc(C(=O)NOC5CCCCO5)cn4)CC3)cn(C)c2cc1OC. The van der Waals surface area contributed by atoms with E-state index >= 15 is 0 Å². The lowest BCUT2D eigenvalue weighted by molar-refractivity contribution is -0.186. The predicted octanol–water partition coefficient (Wildman–Crippen LogP) is 4.41. The number of hydroxylamine groups is 1. The first-order valence-corrected chi connectivity index (χ1v) is 13.9.